The highest BCUT2D eigenvalue weighted by atomic mass is 16.4. The van der Waals surface area contributed by atoms with Gasteiger partial charge >= 0.3 is 5.97 Å². The number of carboxylic acid groups (broad SMARTS) is 1. The van der Waals surface area contributed by atoms with Crippen molar-refractivity contribution in [2.75, 3.05) is 0 Å². The molecule has 0 aliphatic carbocycles. The number of benzene rings is 1. The van der Waals surface area contributed by atoms with Gasteiger partial charge in [0.05, 0.1) is 5.56 Å². The third-order valence-corrected chi connectivity index (χ3v) is 11.3. The zero-order valence-electron chi connectivity index (χ0n) is 40.2. The number of phenolic OH excluding ortho intramolecular Hbond substituents is 1. The molecule has 0 aliphatic heterocycles. The van der Waals surface area contributed by atoms with Crippen molar-refractivity contribution in [1.29, 1.82) is 0 Å². The molecule has 0 amide bonds. The highest BCUT2D eigenvalue weighted by Gasteiger charge is 2.07. The molecule has 3 heteroatoms. The highest BCUT2D eigenvalue weighted by molar-refractivity contribution is 5.88. The summed E-state index contributed by atoms with van der Waals surface area (Å²) in [7, 11) is 0. The van der Waals surface area contributed by atoms with Crippen LogP contribution in [0.1, 0.15) is 208 Å². The Morgan fingerprint density at radius 2 is 0.650 bits per heavy atom. The van der Waals surface area contributed by atoms with Gasteiger partial charge in [0.1, 0.15) is 5.75 Å². The molecule has 0 saturated heterocycles. The van der Waals surface area contributed by atoms with Crippen molar-refractivity contribution in [3.05, 3.63) is 146 Å². The summed E-state index contributed by atoms with van der Waals surface area (Å²) in [6.07, 6.45) is 44.6. The minimum Gasteiger partial charge on any atom is -0.508 e. The Morgan fingerprint density at radius 3 is 0.900 bits per heavy atom. The fourth-order valence-corrected chi connectivity index (χ4v) is 7.04. The van der Waals surface area contributed by atoms with Gasteiger partial charge in [-0.2, -0.15) is 0 Å². The van der Waals surface area contributed by atoms with Crippen molar-refractivity contribution in [1.82, 2.24) is 0 Å². The van der Waals surface area contributed by atoms with Crippen LogP contribution < -0.4 is 0 Å². The minimum absolute atomic E-state index is 0.142. The van der Waals surface area contributed by atoms with Gasteiger partial charge in [-0.15, -0.1) is 0 Å². The molecule has 2 N–H and O–H groups in total. The molecule has 1 aromatic rings. The summed E-state index contributed by atoms with van der Waals surface area (Å²) < 4.78 is 0. The number of hydrogen-bond acceptors (Lipinski definition) is 2. The molecule has 0 atom stereocenters. The van der Waals surface area contributed by atoms with Crippen LogP contribution in [-0.4, -0.2) is 16.2 Å². The SMILES string of the molecule is CC(C)=CCCC(C)=CCCC(C)=CCCC(C)=CCCC(C)=CCCC(C)=CCCC(C)=CCCC(C)=CCCC(C)=CCCC(C)=CCc1cc(C(=O)O)ccc1O. The number of aromatic carboxylic acids is 1. The van der Waals surface area contributed by atoms with Crippen molar-refractivity contribution in [3.63, 3.8) is 0 Å². The lowest BCUT2D eigenvalue weighted by Gasteiger charge is -2.05. The number of rotatable bonds is 30. The molecule has 0 saturated carbocycles. The number of aromatic hydroxyl groups is 1. The summed E-state index contributed by atoms with van der Waals surface area (Å²) in [4.78, 5) is 11.2. The monoisotopic (exact) mass is 819 g/mol. The maximum Gasteiger partial charge on any atom is 0.335 e. The van der Waals surface area contributed by atoms with Crippen molar-refractivity contribution < 1.29 is 15.0 Å². The molecular formula is C57H86O3. The van der Waals surface area contributed by atoms with E-state index in [0.29, 0.717) is 12.0 Å². The maximum atomic E-state index is 11.2. The summed E-state index contributed by atoms with van der Waals surface area (Å²) in [6.45, 7) is 24.7. The van der Waals surface area contributed by atoms with Crippen LogP contribution in [0.5, 0.6) is 5.75 Å². The molecule has 0 aliphatic rings. The second kappa shape index (κ2) is 32.6. The lowest BCUT2D eigenvalue weighted by molar-refractivity contribution is 0.0696. The Labute approximate surface area is 369 Å². The lowest BCUT2D eigenvalue weighted by Crippen LogP contribution is -1.97. The molecular weight excluding hydrogens is 733 g/mol. The van der Waals surface area contributed by atoms with Gasteiger partial charge in [0.25, 0.3) is 0 Å². The summed E-state index contributed by atoms with van der Waals surface area (Å²) in [5.74, 6) is -0.836. The van der Waals surface area contributed by atoms with Crippen LogP contribution in [-0.2, 0) is 6.42 Å². The van der Waals surface area contributed by atoms with E-state index in [1.807, 2.05) is 0 Å². The van der Waals surface area contributed by atoms with E-state index in [1.165, 1.54) is 87.1 Å². The third kappa shape index (κ3) is 29.2. The number of carbonyl (C=O) groups is 1. The van der Waals surface area contributed by atoms with Crippen molar-refractivity contribution in [2.45, 2.75) is 198 Å². The van der Waals surface area contributed by atoms with Crippen LogP contribution in [0.4, 0.5) is 0 Å². The van der Waals surface area contributed by atoms with Crippen molar-refractivity contribution >= 4 is 5.97 Å². The Kier molecular flexibility index (Phi) is 29.3. The standard InChI is InChI=1S/C57H86O3/c1-44(2)21-12-22-45(3)23-13-24-46(4)25-14-26-47(5)27-15-28-48(6)29-16-30-49(7)31-17-32-50(8)33-18-34-51(9)35-19-36-52(10)37-20-38-53(11)39-40-54-43-55(57(59)60)41-42-56(54)58/h21,23,25,27,29,31,33,35,37,39,41-43,58H,12-20,22,24,26,28,30,32,34,36,38,40H2,1-11H3,(H,59,60). The first-order valence-corrected chi connectivity index (χ1v) is 23.1. The highest BCUT2D eigenvalue weighted by Crippen LogP contribution is 2.22. The topological polar surface area (TPSA) is 57.5 Å². The van der Waals surface area contributed by atoms with Gasteiger partial charge in [0.2, 0.25) is 0 Å². The Morgan fingerprint density at radius 1 is 0.400 bits per heavy atom. The second-order valence-electron chi connectivity index (χ2n) is 17.9. The molecule has 0 spiro atoms. The van der Waals surface area contributed by atoms with Gasteiger partial charge in [-0.1, -0.05) is 116 Å². The van der Waals surface area contributed by atoms with E-state index in [-0.39, 0.29) is 11.3 Å². The average Bonchev–Trinajstić information content (AvgIpc) is 3.17. The normalized spacial score (nSPS) is 14.3. The van der Waals surface area contributed by atoms with Gasteiger partial charge in [-0.05, 0) is 222 Å². The van der Waals surface area contributed by atoms with Crippen LogP contribution in [0.25, 0.3) is 0 Å². The molecule has 1 rings (SSSR count). The first-order valence-electron chi connectivity index (χ1n) is 23.1. The predicted octanol–water partition coefficient (Wildman–Crippen LogP) is 18.1. The van der Waals surface area contributed by atoms with Gasteiger partial charge < -0.3 is 10.2 Å². The van der Waals surface area contributed by atoms with Crippen LogP contribution in [0.3, 0.4) is 0 Å². The van der Waals surface area contributed by atoms with E-state index in [0.717, 1.165) is 96.3 Å². The first kappa shape index (κ1) is 53.9. The fraction of sp³-hybridized carbons (Fsp3) is 0.526. The molecule has 0 radical (unpaired) electrons. The van der Waals surface area contributed by atoms with Crippen LogP contribution >= 0.6 is 0 Å². The number of allylic oxidation sites excluding steroid dienone is 20. The van der Waals surface area contributed by atoms with Crippen LogP contribution in [0.2, 0.25) is 0 Å². The smallest absolute Gasteiger partial charge is 0.335 e. The molecule has 1 aromatic carbocycles. The summed E-state index contributed by atoms with van der Waals surface area (Å²) >= 11 is 0. The van der Waals surface area contributed by atoms with Gasteiger partial charge in [0, 0.05) is 0 Å². The molecule has 0 aromatic heterocycles. The van der Waals surface area contributed by atoms with Crippen LogP contribution in [0, 0.1) is 0 Å². The van der Waals surface area contributed by atoms with Crippen molar-refractivity contribution in [3.8, 4) is 5.75 Å². The Hall–Kier alpha value is -4.11. The minimum atomic E-state index is -0.977. The van der Waals surface area contributed by atoms with E-state index in [9.17, 15) is 15.0 Å². The van der Waals surface area contributed by atoms with E-state index in [4.69, 9.17) is 0 Å². The Bertz CT molecular complexity index is 1750. The Balaban J connectivity index is 2.26. The number of carboxylic acids is 1. The number of phenols is 1. The zero-order chi connectivity index (χ0) is 44.7. The molecule has 0 heterocycles. The molecule has 0 bridgehead atoms. The lowest BCUT2D eigenvalue weighted by atomic mass is 10.0. The molecule has 0 unspecified atom stereocenters. The third-order valence-electron chi connectivity index (χ3n) is 11.3. The average molecular weight is 819 g/mol. The predicted molar refractivity (Wildman–Crippen MR) is 265 cm³/mol. The van der Waals surface area contributed by atoms with E-state index in [1.54, 1.807) is 6.07 Å². The van der Waals surface area contributed by atoms with E-state index >= 15 is 0 Å². The summed E-state index contributed by atoms with van der Waals surface area (Å²) in [5, 5.41) is 19.3. The molecule has 0 fully saturated rings. The number of hydrogen-bond donors (Lipinski definition) is 2. The zero-order valence-corrected chi connectivity index (χ0v) is 40.2. The first-order chi connectivity index (χ1) is 28.5. The molecule has 332 valence electrons. The van der Waals surface area contributed by atoms with E-state index in [2.05, 4.69) is 137 Å². The van der Waals surface area contributed by atoms with Crippen LogP contribution in [0.15, 0.2) is 135 Å². The molecule has 60 heavy (non-hydrogen) atoms. The second-order valence-corrected chi connectivity index (χ2v) is 17.9. The summed E-state index contributed by atoms with van der Waals surface area (Å²) in [5.41, 5.74) is 15.5. The van der Waals surface area contributed by atoms with Gasteiger partial charge in [-0.3, -0.25) is 0 Å². The quantitative estimate of drug-likeness (QED) is 0.0760. The van der Waals surface area contributed by atoms with Crippen molar-refractivity contribution in [2.24, 2.45) is 0 Å². The fourth-order valence-electron chi connectivity index (χ4n) is 7.04. The maximum absolute atomic E-state index is 11.2. The van der Waals surface area contributed by atoms with Gasteiger partial charge in [-0.25, -0.2) is 4.79 Å². The molecule has 3 nitrogen and oxygen atoms in total. The van der Waals surface area contributed by atoms with Gasteiger partial charge in [0.15, 0.2) is 0 Å². The van der Waals surface area contributed by atoms with E-state index < -0.39 is 5.97 Å². The largest absolute Gasteiger partial charge is 0.508 e. The summed E-state index contributed by atoms with van der Waals surface area (Å²) in [6, 6.07) is 4.45.